The molecule has 3 aromatic rings. The highest BCUT2D eigenvalue weighted by Crippen LogP contribution is 2.75. The molecule has 326 valence electrons. The molecule has 10 atom stereocenters. The molecule has 0 spiro atoms. The van der Waals surface area contributed by atoms with Gasteiger partial charge in [0, 0.05) is 73.2 Å². The Morgan fingerprint density at radius 3 is 2.40 bits per heavy atom. The Hall–Kier alpha value is -3.04. The smallest absolute Gasteiger partial charge is 0.160 e. The number of hydrogen-bond donors (Lipinski definition) is 3. The number of rotatable bonds is 10. The van der Waals surface area contributed by atoms with Crippen LogP contribution in [0.4, 0.5) is 0 Å². The first-order valence-corrected chi connectivity index (χ1v) is 23.5. The molecular weight excluding hydrogens is 749 g/mol. The first kappa shape index (κ1) is 42.3. The lowest BCUT2D eigenvalue weighted by molar-refractivity contribution is -0.220. The number of Topliss-reactive ketones (excluding diaryl/α,β-unsaturated/α-hetero) is 2. The highest BCUT2D eigenvalue weighted by atomic mass is 16.6. The Morgan fingerprint density at radius 1 is 1.00 bits per heavy atom. The fourth-order valence-electron chi connectivity index (χ4n) is 15.1. The molecule has 8 nitrogen and oxygen atoms in total. The van der Waals surface area contributed by atoms with Crippen molar-refractivity contribution in [2.24, 2.45) is 45.3 Å². The van der Waals surface area contributed by atoms with Gasteiger partial charge in [-0.05, 0) is 129 Å². The molecule has 9 rings (SSSR count). The van der Waals surface area contributed by atoms with Crippen molar-refractivity contribution in [2.45, 2.75) is 170 Å². The fraction of sp³-hybridized carbons (Fsp3) is 0.692. The lowest BCUT2D eigenvalue weighted by atomic mass is 9.34. The van der Waals surface area contributed by atoms with Crippen molar-refractivity contribution < 1.29 is 29.3 Å². The van der Waals surface area contributed by atoms with Gasteiger partial charge in [-0.15, -0.1) is 0 Å². The summed E-state index contributed by atoms with van der Waals surface area (Å²) in [6.45, 7) is 24.2. The normalized spacial score (nSPS) is 36.0. The summed E-state index contributed by atoms with van der Waals surface area (Å²) < 4.78 is 14.1. The monoisotopic (exact) mass is 821 g/mol. The van der Waals surface area contributed by atoms with Gasteiger partial charge in [-0.1, -0.05) is 72.2 Å². The Bertz CT molecular complexity index is 2240. The van der Waals surface area contributed by atoms with Crippen LogP contribution in [0.1, 0.15) is 148 Å². The van der Waals surface area contributed by atoms with Crippen LogP contribution in [0, 0.1) is 52.3 Å². The van der Waals surface area contributed by atoms with E-state index in [9.17, 15) is 19.8 Å². The molecule has 0 radical (unpaired) electrons. The molecule has 4 aliphatic carbocycles. The number of hydrogen-bond acceptors (Lipinski definition) is 6. The van der Waals surface area contributed by atoms with Crippen LogP contribution in [0.2, 0.25) is 0 Å². The quantitative estimate of drug-likeness (QED) is 0.176. The predicted octanol–water partition coefficient (Wildman–Crippen LogP) is 9.58. The maximum Gasteiger partial charge on any atom is 0.160 e. The summed E-state index contributed by atoms with van der Waals surface area (Å²) in [5, 5.41) is 25.0. The molecule has 8 heteroatoms. The maximum absolute atomic E-state index is 14.9. The summed E-state index contributed by atoms with van der Waals surface area (Å²) in [5.74, 6) is 0.575. The number of carbonyl (C=O) groups excluding carboxylic acids is 2. The second kappa shape index (κ2) is 14.5. The van der Waals surface area contributed by atoms with Gasteiger partial charge in [0.2, 0.25) is 0 Å². The number of aryl methyl sites for hydroxylation is 1. The van der Waals surface area contributed by atoms with Crippen molar-refractivity contribution in [1.29, 1.82) is 0 Å². The predicted molar refractivity (Wildman–Crippen MR) is 236 cm³/mol. The second-order valence-corrected chi connectivity index (χ2v) is 22.3. The van der Waals surface area contributed by atoms with Crippen LogP contribution in [-0.4, -0.2) is 68.5 Å². The van der Waals surface area contributed by atoms with Crippen LogP contribution < -0.4 is 0 Å². The van der Waals surface area contributed by atoms with Crippen molar-refractivity contribution >= 4 is 22.6 Å². The maximum atomic E-state index is 14.9. The molecule has 5 fully saturated rings. The molecule has 2 aromatic heterocycles. The number of ether oxygens (including phenoxy) is 2. The number of aliphatic hydroxyl groups is 2. The van der Waals surface area contributed by atoms with Crippen molar-refractivity contribution in [2.75, 3.05) is 13.2 Å². The number of benzene rings is 1. The Balaban J connectivity index is 1.17. The minimum absolute atomic E-state index is 0.0960. The number of aromatic nitrogens is 2. The minimum atomic E-state index is -0.720. The molecule has 3 N–H and O–H groups in total. The summed E-state index contributed by atoms with van der Waals surface area (Å²) in [7, 11) is 0. The van der Waals surface area contributed by atoms with Gasteiger partial charge >= 0.3 is 0 Å². The van der Waals surface area contributed by atoms with Gasteiger partial charge in [0.25, 0.3) is 0 Å². The molecule has 2 saturated heterocycles. The minimum Gasteiger partial charge on any atom is -0.392 e. The fourth-order valence-corrected chi connectivity index (χ4v) is 15.1. The number of H-pyrrole nitrogens is 1. The van der Waals surface area contributed by atoms with E-state index in [-0.39, 0.29) is 52.0 Å². The van der Waals surface area contributed by atoms with E-state index in [1.165, 1.54) is 27.9 Å². The van der Waals surface area contributed by atoms with Gasteiger partial charge in [0.1, 0.15) is 11.9 Å². The van der Waals surface area contributed by atoms with Gasteiger partial charge in [0.05, 0.1) is 28.8 Å². The summed E-state index contributed by atoms with van der Waals surface area (Å²) in [6.07, 6.45) is 8.09. The van der Waals surface area contributed by atoms with E-state index in [0.717, 1.165) is 80.3 Å². The van der Waals surface area contributed by atoms with Gasteiger partial charge in [-0.25, -0.2) is 0 Å². The number of ketones is 2. The third-order valence-electron chi connectivity index (χ3n) is 18.1. The second-order valence-electron chi connectivity index (χ2n) is 22.3. The van der Waals surface area contributed by atoms with E-state index in [2.05, 4.69) is 95.4 Å². The van der Waals surface area contributed by atoms with Crippen LogP contribution in [0.3, 0.4) is 0 Å². The first-order chi connectivity index (χ1) is 28.3. The van der Waals surface area contributed by atoms with Crippen LogP contribution >= 0.6 is 0 Å². The van der Waals surface area contributed by atoms with Crippen LogP contribution in [0.25, 0.3) is 11.0 Å². The molecule has 6 aliphatic rings. The van der Waals surface area contributed by atoms with Crippen LogP contribution in [-0.2, 0) is 38.4 Å². The van der Waals surface area contributed by atoms with E-state index in [1.807, 2.05) is 13.8 Å². The van der Waals surface area contributed by atoms with E-state index >= 15 is 0 Å². The average Bonchev–Trinajstić information content (AvgIpc) is 3.44. The van der Waals surface area contributed by atoms with Gasteiger partial charge in [0.15, 0.2) is 5.78 Å². The number of nitrogens with zero attached hydrogens (tertiary/aromatic N) is 1. The van der Waals surface area contributed by atoms with Gasteiger partial charge in [-0.2, -0.15) is 0 Å². The van der Waals surface area contributed by atoms with E-state index in [4.69, 9.17) is 9.47 Å². The third kappa shape index (κ3) is 6.25. The number of carbonyl (C=O) groups is 2. The van der Waals surface area contributed by atoms with Crippen LogP contribution in [0.15, 0.2) is 41.6 Å². The van der Waals surface area contributed by atoms with E-state index in [0.29, 0.717) is 37.5 Å². The topological polar surface area (TPSA) is 117 Å². The summed E-state index contributed by atoms with van der Waals surface area (Å²) >= 11 is 0. The molecule has 0 bridgehead atoms. The molecule has 0 unspecified atom stereocenters. The zero-order valence-corrected chi connectivity index (χ0v) is 38.2. The molecular formula is C52H72N2O6. The Labute approximate surface area is 358 Å². The molecule has 2 aliphatic heterocycles. The SMILES string of the molecule is CCc1c(Cc2cc(C)cc(C3CCOCC3)c2)c2[nH]ccc2n1C[C@@H]1C2=C([C@H](C)C[C@@H](O)[C@H]3OC3(C)C)C(=O)C[C@]2(C)[C@@]2(C)CC[C@H]3C(C)(C)C(=O)CC[C@@]3(C)[C@H]2[C@@H]1O. The number of aliphatic hydroxyl groups excluding tert-OH is 2. The highest BCUT2D eigenvalue weighted by molar-refractivity contribution is 6.01. The molecule has 3 saturated carbocycles. The average molecular weight is 821 g/mol. The van der Waals surface area contributed by atoms with Gasteiger partial charge < -0.3 is 29.2 Å². The van der Waals surface area contributed by atoms with Crippen molar-refractivity contribution in [1.82, 2.24) is 9.55 Å². The lowest BCUT2D eigenvalue weighted by Crippen LogP contribution is -2.67. The summed E-state index contributed by atoms with van der Waals surface area (Å²) in [5.41, 5.74) is 8.89. The molecule has 0 amide bonds. The zero-order valence-electron chi connectivity index (χ0n) is 38.2. The van der Waals surface area contributed by atoms with E-state index in [1.54, 1.807) is 0 Å². The first-order valence-electron chi connectivity index (χ1n) is 23.5. The molecule has 1 aromatic carbocycles. The Kier molecular flexibility index (Phi) is 10.2. The standard InChI is InChI=1S/C52H72N2O6/c1-11-36-34(26-31-22-29(2)23-33(25-31)32-15-20-59-21-16-32)44-37(14-19-53-44)54(36)28-35-43-42(30(3)24-38(55)47-49(6,7)60-47)39(56)27-52(43,10)51(9)18-12-40-48(4,5)41(57)13-17-50(40,8)46(51)45(35)58/h14,19,22-23,25,30,32,35,38,40,45-47,53,55,58H,11-13,15-18,20-21,24,26-28H2,1-10H3/t30-,35-,38-,40+,45-,46-,47-,50-,51+,52+/m1/s1. The van der Waals surface area contributed by atoms with Gasteiger partial charge in [-0.3, -0.25) is 9.59 Å². The number of allylic oxidation sites excluding steroid dienone is 1. The molecule has 4 heterocycles. The number of fused-ring (bicyclic) bond motifs is 6. The zero-order chi connectivity index (χ0) is 42.9. The highest BCUT2D eigenvalue weighted by Gasteiger charge is 2.72. The van der Waals surface area contributed by atoms with Crippen molar-refractivity contribution in [3.05, 3.63) is 69.6 Å². The summed E-state index contributed by atoms with van der Waals surface area (Å²) in [4.78, 5) is 32.1. The number of aromatic amines is 1. The number of nitrogens with one attached hydrogen (secondary N) is 1. The molecule has 60 heavy (non-hydrogen) atoms. The van der Waals surface area contributed by atoms with E-state index < -0.39 is 23.0 Å². The third-order valence-corrected chi connectivity index (χ3v) is 18.1. The van der Waals surface area contributed by atoms with Crippen LogP contribution in [0.5, 0.6) is 0 Å². The van der Waals surface area contributed by atoms with Crippen molar-refractivity contribution in [3.8, 4) is 0 Å². The lowest BCUT2D eigenvalue weighted by Gasteiger charge is -2.70. The number of epoxide rings is 1. The largest absolute Gasteiger partial charge is 0.392 e. The van der Waals surface area contributed by atoms with Crippen molar-refractivity contribution in [3.63, 3.8) is 0 Å². The Morgan fingerprint density at radius 2 is 1.72 bits per heavy atom. The summed E-state index contributed by atoms with van der Waals surface area (Å²) in [6, 6.07) is 9.32.